The maximum Gasteiger partial charge on any atom is 0.326 e. The zero-order valence-corrected chi connectivity index (χ0v) is 12.0. The molecule has 21 heavy (non-hydrogen) atoms. The number of nitrogens with zero attached hydrogens (tertiary/aromatic N) is 1. The number of aliphatic carboxylic acids is 1. The zero-order chi connectivity index (χ0) is 15.6. The molecule has 3 atom stereocenters. The van der Waals surface area contributed by atoms with Gasteiger partial charge in [-0.15, -0.1) is 0 Å². The molecule has 1 amide bonds. The summed E-state index contributed by atoms with van der Waals surface area (Å²) < 4.78 is 5.54. The van der Waals surface area contributed by atoms with Gasteiger partial charge in [0.05, 0.1) is 6.10 Å². The third-order valence-electron chi connectivity index (χ3n) is 3.53. The van der Waals surface area contributed by atoms with Gasteiger partial charge in [-0.25, -0.2) is 4.79 Å². The molecule has 0 spiro atoms. The minimum Gasteiger partial charge on any atom is -0.481 e. The molecule has 2 N–H and O–H groups in total. The van der Waals surface area contributed by atoms with Gasteiger partial charge in [0.15, 0.2) is 6.10 Å². The summed E-state index contributed by atoms with van der Waals surface area (Å²) in [5.74, 6) is -0.991. The van der Waals surface area contributed by atoms with Gasteiger partial charge in [-0.05, 0) is 26.0 Å². The molecule has 1 heterocycles. The maximum absolute atomic E-state index is 12.3. The predicted molar refractivity (Wildman–Crippen MR) is 75.0 cm³/mol. The van der Waals surface area contributed by atoms with Gasteiger partial charge in [0.2, 0.25) is 0 Å². The first kappa shape index (κ1) is 15.3. The van der Waals surface area contributed by atoms with Crippen LogP contribution < -0.4 is 4.74 Å². The molecule has 1 saturated heterocycles. The topological polar surface area (TPSA) is 87.1 Å². The second-order valence-electron chi connectivity index (χ2n) is 5.31. The molecule has 1 aromatic carbocycles. The number of benzene rings is 1. The van der Waals surface area contributed by atoms with Crippen molar-refractivity contribution < 1.29 is 24.5 Å². The number of aliphatic hydroxyl groups is 1. The number of rotatable bonds is 4. The number of carbonyl (C=O) groups excluding carboxylic acids is 1. The standard InChI is InChI=1S/C15H19NO5/c1-9-3-5-12(6-4-9)21-10(2)14(18)16-8-11(17)7-13(16)15(19)20/h3-6,10-11,13,17H,7-8H2,1-2H3,(H,19,20)/t10?,11-,13-/m1/s1. The molecule has 0 saturated carbocycles. The van der Waals surface area contributed by atoms with Gasteiger partial charge in [-0.2, -0.15) is 0 Å². The molecular formula is C15H19NO5. The molecule has 1 fully saturated rings. The van der Waals surface area contributed by atoms with Gasteiger partial charge in [0.1, 0.15) is 11.8 Å². The fourth-order valence-corrected chi connectivity index (χ4v) is 2.40. The Kier molecular flexibility index (Phi) is 4.47. The molecule has 1 unspecified atom stereocenters. The lowest BCUT2D eigenvalue weighted by Gasteiger charge is -2.25. The quantitative estimate of drug-likeness (QED) is 0.858. The normalized spacial score (nSPS) is 22.9. The summed E-state index contributed by atoms with van der Waals surface area (Å²) in [6, 6.07) is 6.26. The second-order valence-corrected chi connectivity index (χ2v) is 5.31. The maximum atomic E-state index is 12.3. The summed E-state index contributed by atoms with van der Waals surface area (Å²) in [4.78, 5) is 24.6. The zero-order valence-electron chi connectivity index (χ0n) is 12.0. The predicted octanol–water partition coefficient (Wildman–Crippen LogP) is 0.809. The van der Waals surface area contributed by atoms with Crippen molar-refractivity contribution in [2.24, 2.45) is 0 Å². The molecular weight excluding hydrogens is 274 g/mol. The van der Waals surface area contributed by atoms with E-state index in [-0.39, 0.29) is 13.0 Å². The lowest BCUT2D eigenvalue weighted by atomic mass is 10.2. The molecule has 6 nitrogen and oxygen atoms in total. The summed E-state index contributed by atoms with van der Waals surface area (Å²) in [6.07, 6.45) is -1.56. The van der Waals surface area contributed by atoms with E-state index < -0.39 is 30.1 Å². The van der Waals surface area contributed by atoms with E-state index in [4.69, 9.17) is 9.84 Å². The van der Waals surface area contributed by atoms with E-state index in [2.05, 4.69) is 0 Å². The van der Waals surface area contributed by atoms with Gasteiger partial charge in [-0.1, -0.05) is 17.7 Å². The Morgan fingerprint density at radius 1 is 1.33 bits per heavy atom. The number of likely N-dealkylation sites (tertiary alicyclic amines) is 1. The minimum atomic E-state index is -1.11. The van der Waals surface area contributed by atoms with Crippen molar-refractivity contribution >= 4 is 11.9 Å². The Labute approximate surface area is 122 Å². The first-order valence-corrected chi connectivity index (χ1v) is 6.83. The van der Waals surface area contributed by atoms with Crippen LogP contribution in [0.2, 0.25) is 0 Å². The van der Waals surface area contributed by atoms with Crippen LogP contribution >= 0.6 is 0 Å². The van der Waals surface area contributed by atoms with Crippen LogP contribution in [0.25, 0.3) is 0 Å². The van der Waals surface area contributed by atoms with Crippen LogP contribution in [0.5, 0.6) is 5.75 Å². The number of β-amino-alcohol motifs (C(OH)–C–C–N with tert-alkyl or cyclic N) is 1. The van der Waals surface area contributed by atoms with Crippen LogP contribution in [0, 0.1) is 6.92 Å². The minimum absolute atomic E-state index is 0.0252. The molecule has 0 radical (unpaired) electrons. The Balaban J connectivity index is 2.04. The van der Waals surface area contributed by atoms with E-state index in [0.717, 1.165) is 5.56 Å². The van der Waals surface area contributed by atoms with E-state index >= 15 is 0 Å². The van der Waals surface area contributed by atoms with Crippen LogP contribution in [0.15, 0.2) is 24.3 Å². The number of carbonyl (C=O) groups is 2. The van der Waals surface area contributed by atoms with Crippen LogP contribution in [0.3, 0.4) is 0 Å². The van der Waals surface area contributed by atoms with Crippen molar-refractivity contribution in [3.8, 4) is 5.75 Å². The molecule has 114 valence electrons. The molecule has 1 aliphatic rings. The summed E-state index contributed by atoms with van der Waals surface area (Å²) in [6.45, 7) is 3.55. The highest BCUT2D eigenvalue weighted by atomic mass is 16.5. The molecule has 0 aliphatic carbocycles. The monoisotopic (exact) mass is 293 g/mol. The van der Waals surface area contributed by atoms with E-state index in [1.54, 1.807) is 19.1 Å². The molecule has 6 heteroatoms. The summed E-state index contributed by atoms with van der Waals surface area (Å²) >= 11 is 0. The third-order valence-corrected chi connectivity index (χ3v) is 3.53. The molecule has 1 aromatic rings. The van der Waals surface area contributed by atoms with Crippen molar-refractivity contribution in [3.63, 3.8) is 0 Å². The molecule has 2 rings (SSSR count). The van der Waals surface area contributed by atoms with E-state index in [1.165, 1.54) is 4.90 Å². The van der Waals surface area contributed by atoms with Gasteiger partial charge < -0.3 is 19.8 Å². The third kappa shape index (κ3) is 3.52. The van der Waals surface area contributed by atoms with Crippen molar-refractivity contribution in [1.29, 1.82) is 0 Å². The number of aryl methyl sites for hydroxylation is 1. The van der Waals surface area contributed by atoms with E-state index in [1.807, 2.05) is 19.1 Å². The first-order chi connectivity index (χ1) is 9.88. The van der Waals surface area contributed by atoms with E-state index in [9.17, 15) is 14.7 Å². The molecule has 1 aliphatic heterocycles. The number of hydrogen-bond acceptors (Lipinski definition) is 4. The lowest BCUT2D eigenvalue weighted by Crippen LogP contribution is -2.46. The smallest absolute Gasteiger partial charge is 0.326 e. The van der Waals surface area contributed by atoms with Gasteiger partial charge in [0.25, 0.3) is 5.91 Å². The van der Waals surface area contributed by atoms with Gasteiger partial charge >= 0.3 is 5.97 Å². The lowest BCUT2D eigenvalue weighted by molar-refractivity contribution is -0.150. The average Bonchev–Trinajstić information content (AvgIpc) is 2.82. The van der Waals surface area contributed by atoms with Crippen LogP contribution in [0.4, 0.5) is 0 Å². The Bertz CT molecular complexity index is 527. The first-order valence-electron chi connectivity index (χ1n) is 6.83. The molecule has 0 aromatic heterocycles. The van der Waals surface area contributed by atoms with Crippen molar-refractivity contribution in [2.75, 3.05) is 6.54 Å². The number of hydrogen-bond donors (Lipinski definition) is 2. The fourth-order valence-electron chi connectivity index (χ4n) is 2.40. The van der Waals surface area contributed by atoms with Crippen LogP contribution in [0.1, 0.15) is 18.9 Å². The second kappa shape index (κ2) is 6.13. The number of carboxylic acids is 1. The largest absolute Gasteiger partial charge is 0.481 e. The highest BCUT2D eigenvalue weighted by Gasteiger charge is 2.40. The Morgan fingerprint density at radius 2 is 1.95 bits per heavy atom. The van der Waals surface area contributed by atoms with Crippen molar-refractivity contribution in [1.82, 2.24) is 4.90 Å². The Morgan fingerprint density at radius 3 is 2.52 bits per heavy atom. The van der Waals surface area contributed by atoms with Crippen LogP contribution in [-0.2, 0) is 9.59 Å². The number of carboxylic acid groups (broad SMARTS) is 1. The van der Waals surface area contributed by atoms with E-state index in [0.29, 0.717) is 5.75 Å². The summed E-state index contributed by atoms with van der Waals surface area (Å²) in [5, 5.41) is 18.7. The Hall–Kier alpha value is -2.08. The highest BCUT2D eigenvalue weighted by molar-refractivity contribution is 5.87. The SMILES string of the molecule is Cc1ccc(OC(C)C(=O)N2C[C@H](O)C[C@@H]2C(=O)O)cc1. The fraction of sp³-hybridized carbons (Fsp3) is 0.467. The number of aliphatic hydroxyl groups excluding tert-OH is 1. The van der Waals surface area contributed by atoms with Gasteiger partial charge in [-0.3, -0.25) is 4.79 Å². The van der Waals surface area contributed by atoms with Crippen molar-refractivity contribution in [2.45, 2.75) is 38.5 Å². The number of amides is 1. The molecule has 0 bridgehead atoms. The van der Waals surface area contributed by atoms with Gasteiger partial charge in [0, 0.05) is 13.0 Å². The highest BCUT2D eigenvalue weighted by Crippen LogP contribution is 2.21. The summed E-state index contributed by atoms with van der Waals surface area (Å²) in [5.41, 5.74) is 1.08. The average molecular weight is 293 g/mol. The van der Waals surface area contributed by atoms with Crippen LogP contribution in [-0.4, -0.2) is 51.8 Å². The summed E-state index contributed by atoms with van der Waals surface area (Å²) in [7, 11) is 0. The number of ether oxygens (including phenoxy) is 1. The van der Waals surface area contributed by atoms with Crippen molar-refractivity contribution in [3.05, 3.63) is 29.8 Å².